The van der Waals surface area contributed by atoms with Crippen LogP contribution in [0.3, 0.4) is 0 Å². The summed E-state index contributed by atoms with van der Waals surface area (Å²) in [4.78, 5) is 21.6. The molecule has 45 heavy (non-hydrogen) atoms. The van der Waals surface area contributed by atoms with Crippen LogP contribution in [0, 0.1) is 0 Å². The normalized spacial score (nSPS) is 14.0. The summed E-state index contributed by atoms with van der Waals surface area (Å²) in [6.45, 7) is 1.20. The summed E-state index contributed by atoms with van der Waals surface area (Å²) in [5, 5.41) is 0. The van der Waals surface area contributed by atoms with E-state index >= 15 is 0 Å². The van der Waals surface area contributed by atoms with E-state index in [2.05, 4.69) is 4.52 Å². The van der Waals surface area contributed by atoms with E-state index in [0.29, 0.717) is 24.8 Å². The Morgan fingerprint density at radius 1 is 0.733 bits per heavy atom. The van der Waals surface area contributed by atoms with Crippen molar-refractivity contribution in [2.75, 3.05) is 13.2 Å². The molecule has 13 heteroatoms. The third-order valence-corrected chi connectivity index (χ3v) is 8.24. The molecule has 0 fully saturated rings. The van der Waals surface area contributed by atoms with Gasteiger partial charge in [-0.15, -0.1) is 0 Å². The van der Waals surface area contributed by atoms with E-state index in [1.54, 1.807) is 6.92 Å². The van der Waals surface area contributed by atoms with Gasteiger partial charge in [-0.2, -0.15) is 26.3 Å². The monoisotopic (exact) mass is 667 g/mol. The van der Waals surface area contributed by atoms with Gasteiger partial charge in [0.15, 0.2) is 0 Å². The third-order valence-electron chi connectivity index (χ3n) is 7.79. The summed E-state index contributed by atoms with van der Waals surface area (Å²) in [5.74, 6) is -0.278. The summed E-state index contributed by atoms with van der Waals surface area (Å²) in [5.41, 5.74) is 6.57. The minimum atomic E-state index is -5.22. The first-order valence-corrected chi connectivity index (χ1v) is 16.9. The molecule has 2 rings (SSSR count). The highest BCUT2D eigenvalue weighted by Crippen LogP contribution is 2.37. The maximum Gasteiger partial charge on any atom is 0.419 e. The number of hydrogen-bond acceptors (Lipinski definition) is 6. The van der Waals surface area contributed by atoms with Crippen LogP contribution in [-0.4, -0.2) is 24.9 Å². The van der Waals surface area contributed by atoms with Crippen LogP contribution in [0.2, 0.25) is 0 Å². The Bertz CT molecular complexity index is 1190. The van der Waals surface area contributed by atoms with E-state index < -0.39 is 44.3 Å². The van der Waals surface area contributed by atoms with Gasteiger partial charge in [-0.05, 0) is 80.2 Å². The number of benzene rings is 2. The maximum atomic E-state index is 13.8. The first-order valence-electron chi connectivity index (χ1n) is 15.4. The van der Waals surface area contributed by atoms with Gasteiger partial charge < -0.3 is 29.3 Å². The number of phosphoric ester groups is 1. The zero-order valence-corrected chi connectivity index (χ0v) is 26.6. The van der Waals surface area contributed by atoms with Crippen LogP contribution >= 0.6 is 7.82 Å². The highest BCUT2D eigenvalue weighted by molar-refractivity contribution is 7.43. The minimum absolute atomic E-state index is 0.0872. The molecule has 0 radical (unpaired) electrons. The molecule has 0 spiro atoms. The van der Waals surface area contributed by atoms with Crippen molar-refractivity contribution in [2.24, 2.45) is 5.73 Å². The molecule has 2 N–H and O–H groups in total. The van der Waals surface area contributed by atoms with Crippen molar-refractivity contribution in [3.05, 3.63) is 64.7 Å². The fourth-order valence-corrected chi connectivity index (χ4v) is 5.32. The molecule has 0 bridgehead atoms. The van der Waals surface area contributed by atoms with E-state index in [4.69, 9.17) is 10.5 Å². The summed E-state index contributed by atoms with van der Waals surface area (Å²) in [6.07, 6.45) is -1.29. The lowest BCUT2D eigenvalue weighted by Crippen LogP contribution is -2.45. The van der Waals surface area contributed by atoms with Gasteiger partial charge in [0.1, 0.15) is 5.75 Å². The van der Waals surface area contributed by atoms with Gasteiger partial charge in [-0.25, -0.2) is 0 Å². The number of unbranched alkanes of at least 4 members (excludes halogenated alkanes) is 6. The molecule has 0 unspecified atom stereocenters. The van der Waals surface area contributed by atoms with E-state index in [1.807, 2.05) is 24.3 Å². The zero-order chi connectivity index (χ0) is 33.6. The minimum Gasteiger partial charge on any atom is -0.790 e. The Balaban J connectivity index is 1.75. The molecule has 1 atom stereocenters. The predicted octanol–water partition coefficient (Wildman–Crippen LogP) is 7.83. The van der Waals surface area contributed by atoms with Gasteiger partial charge in [-0.1, -0.05) is 69.4 Å². The molecule has 0 amide bonds. The van der Waals surface area contributed by atoms with Crippen LogP contribution in [0.5, 0.6) is 5.75 Å². The van der Waals surface area contributed by atoms with Crippen LogP contribution in [0.25, 0.3) is 0 Å². The number of hydrogen-bond donors (Lipinski definition) is 1. The number of alkyl halides is 6. The van der Waals surface area contributed by atoms with Crippen LogP contribution in [0.1, 0.15) is 99.8 Å². The van der Waals surface area contributed by atoms with Gasteiger partial charge >= 0.3 is 12.4 Å². The number of halogens is 6. The summed E-state index contributed by atoms with van der Waals surface area (Å²) in [6, 6.07) is 11.8. The summed E-state index contributed by atoms with van der Waals surface area (Å²) in [7, 11) is -5.22. The second-order valence-electron chi connectivity index (χ2n) is 11.6. The second kappa shape index (κ2) is 18.3. The first-order chi connectivity index (χ1) is 21.0. The highest BCUT2D eigenvalue weighted by atomic mass is 31.2. The molecule has 2 aromatic rings. The first kappa shape index (κ1) is 39.1. The van der Waals surface area contributed by atoms with Crippen LogP contribution < -0.4 is 20.3 Å². The molecule has 256 valence electrons. The summed E-state index contributed by atoms with van der Waals surface area (Å²) >= 11 is 0. The Morgan fingerprint density at radius 2 is 1.27 bits per heavy atom. The van der Waals surface area contributed by atoms with Crippen molar-refractivity contribution >= 4 is 7.82 Å². The average molecular weight is 668 g/mol. The molecule has 0 aliphatic heterocycles. The summed E-state index contributed by atoms with van der Waals surface area (Å²) < 4.78 is 98.5. The largest absolute Gasteiger partial charge is 0.790 e. The van der Waals surface area contributed by atoms with Gasteiger partial charge in [0.05, 0.1) is 26.6 Å². The Labute approximate surface area is 261 Å². The van der Waals surface area contributed by atoms with Crippen molar-refractivity contribution in [2.45, 2.75) is 115 Å². The zero-order valence-electron chi connectivity index (χ0n) is 25.7. The van der Waals surface area contributed by atoms with E-state index in [9.17, 15) is 40.7 Å². The molecule has 0 saturated carbocycles. The Hall–Kier alpha value is -2.11. The standard InChI is InChI=1S/C32H46F6NO5P/c1-2-30(39,24-44-45(40,41)42)21-19-27-17-18-29(28(23-27)32(36,37)38)43-22-10-12-26-15-13-25(14-16-26)11-8-6-4-3-5-7-9-20-31(33,34)35/h13-18,23H,2-12,19-22,24,39H2,1H3,(H2,40,41,42)/p-2/t30-/m1/s1. The van der Waals surface area contributed by atoms with Crippen molar-refractivity contribution < 1.29 is 50.0 Å². The number of aryl methyl sites for hydroxylation is 3. The lowest BCUT2D eigenvalue weighted by molar-refractivity contribution is -0.342. The number of nitrogens with two attached hydrogens (primary N) is 1. The van der Waals surface area contributed by atoms with E-state index in [-0.39, 0.29) is 38.0 Å². The van der Waals surface area contributed by atoms with E-state index in [0.717, 1.165) is 50.2 Å². The molecule has 0 heterocycles. The van der Waals surface area contributed by atoms with Gasteiger partial charge in [0, 0.05) is 12.0 Å². The molecule has 0 aliphatic rings. The van der Waals surface area contributed by atoms with Crippen molar-refractivity contribution in [3.63, 3.8) is 0 Å². The highest BCUT2D eigenvalue weighted by Gasteiger charge is 2.35. The van der Waals surface area contributed by atoms with Crippen molar-refractivity contribution in [3.8, 4) is 5.75 Å². The molecular weight excluding hydrogens is 623 g/mol. The lowest BCUT2D eigenvalue weighted by Gasteiger charge is -2.35. The van der Waals surface area contributed by atoms with Crippen LogP contribution in [-0.2, 0) is 34.5 Å². The Morgan fingerprint density at radius 3 is 1.80 bits per heavy atom. The molecule has 0 aromatic heterocycles. The fraction of sp³-hybridized carbons (Fsp3) is 0.625. The molecule has 6 nitrogen and oxygen atoms in total. The third kappa shape index (κ3) is 16.9. The average Bonchev–Trinajstić information content (AvgIpc) is 2.96. The lowest BCUT2D eigenvalue weighted by atomic mass is 9.90. The molecule has 0 aliphatic carbocycles. The van der Waals surface area contributed by atoms with E-state index in [1.165, 1.54) is 17.7 Å². The van der Waals surface area contributed by atoms with Crippen LogP contribution in [0.15, 0.2) is 42.5 Å². The molecule has 2 aromatic carbocycles. The van der Waals surface area contributed by atoms with Crippen molar-refractivity contribution in [1.29, 1.82) is 0 Å². The number of rotatable bonds is 21. The number of ether oxygens (including phenoxy) is 1. The predicted molar refractivity (Wildman–Crippen MR) is 157 cm³/mol. The van der Waals surface area contributed by atoms with Crippen molar-refractivity contribution in [1.82, 2.24) is 0 Å². The molecular formula is C32H44F6NO5P-2. The van der Waals surface area contributed by atoms with Gasteiger partial charge in [-0.3, -0.25) is 0 Å². The fourth-order valence-electron chi connectivity index (χ4n) is 4.90. The van der Waals surface area contributed by atoms with Gasteiger partial charge in [0.2, 0.25) is 0 Å². The Kier molecular flexibility index (Phi) is 15.9. The SMILES string of the molecule is CC[C@@](N)(CCc1ccc(OCCCc2ccc(CCCCCCCCCC(F)(F)F)cc2)c(C(F)(F)F)c1)COP(=O)([O-])[O-]. The second-order valence-corrected chi connectivity index (χ2v) is 12.8. The maximum absolute atomic E-state index is 13.8. The topological polar surface area (TPSA) is 108 Å². The van der Waals surface area contributed by atoms with Crippen LogP contribution in [0.4, 0.5) is 26.3 Å². The van der Waals surface area contributed by atoms with Gasteiger partial charge in [0.25, 0.3) is 0 Å². The smallest absolute Gasteiger partial charge is 0.419 e. The number of phosphoric acid groups is 1. The molecule has 0 saturated heterocycles. The quantitative estimate of drug-likeness (QED) is 0.0826.